The van der Waals surface area contributed by atoms with Crippen LogP contribution in [0.25, 0.3) is 0 Å². The lowest BCUT2D eigenvalue weighted by Gasteiger charge is -2.18. The summed E-state index contributed by atoms with van der Waals surface area (Å²) in [6, 6.07) is 2.42. The molecule has 2 heterocycles. The van der Waals surface area contributed by atoms with Crippen LogP contribution in [0, 0.1) is 0 Å². The second-order valence-corrected chi connectivity index (χ2v) is 5.62. The fourth-order valence-electron chi connectivity index (χ4n) is 1.92. The first-order valence-corrected chi connectivity index (χ1v) is 7.52. The summed E-state index contributed by atoms with van der Waals surface area (Å²) in [5.41, 5.74) is 1.63. The molecule has 0 saturated carbocycles. The third kappa shape index (κ3) is 4.50. The summed E-state index contributed by atoms with van der Waals surface area (Å²) >= 11 is 1.53. The van der Waals surface area contributed by atoms with Crippen molar-refractivity contribution in [3.05, 3.63) is 46.2 Å². The van der Waals surface area contributed by atoms with E-state index in [1.165, 1.54) is 17.4 Å². The van der Waals surface area contributed by atoms with Crippen LogP contribution in [-0.4, -0.2) is 16.5 Å². The van der Waals surface area contributed by atoms with E-state index in [0.717, 1.165) is 30.1 Å². The van der Waals surface area contributed by atoms with Gasteiger partial charge in [0.2, 0.25) is 0 Å². The zero-order valence-electron chi connectivity index (χ0n) is 11.5. The Bertz CT molecular complexity index is 538. The van der Waals surface area contributed by atoms with E-state index in [1.807, 2.05) is 6.92 Å². The van der Waals surface area contributed by atoms with Crippen molar-refractivity contribution in [3.63, 3.8) is 0 Å². The Kier molecular flexibility index (Phi) is 5.30. The van der Waals surface area contributed by atoms with Gasteiger partial charge in [0.15, 0.2) is 0 Å². The Labute approximate surface area is 125 Å². The van der Waals surface area contributed by atoms with Gasteiger partial charge in [-0.05, 0) is 25.1 Å². The van der Waals surface area contributed by atoms with E-state index in [0.29, 0.717) is 12.1 Å². The smallest absolute Gasteiger partial charge is 0.308 e. The first-order chi connectivity index (χ1) is 10.0. The second-order valence-electron chi connectivity index (χ2n) is 4.65. The van der Waals surface area contributed by atoms with Crippen LogP contribution in [0.3, 0.4) is 0 Å². The van der Waals surface area contributed by atoms with Crippen LogP contribution in [0.2, 0.25) is 0 Å². The molecule has 114 valence electrons. The van der Waals surface area contributed by atoms with Crippen LogP contribution in [0.5, 0.6) is 0 Å². The maximum atomic E-state index is 12.6. The zero-order valence-corrected chi connectivity index (χ0v) is 12.3. The number of hydrogen-bond acceptors (Lipinski definition) is 4. The molecule has 0 fully saturated rings. The Balaban J connectivity index is 2.15. The van der Waals surface area contributed by atoms with Gasteiger partial charge < -0.3 is 5.32 Å². The molecule has 7 heteroatoms. The second kappa shape index (κ2) is 7.00. The first kappa shape index (κ1) is 15.9. The third-order valence-electron chi connectivity index (χ3n) is 3.00. The van der Waals surface area contributed by atoms with E-state index in [1.54, 1.807) is 11.7 Å². The van der Waals surface area contributed by atoms with Crippen molar-refractivity contribution >= 4 is 11.3 Å². The van der Waals surface area contributed by atoms with Crippen LogP contribution >= 0.6 is 11.3 Å². The van der Waals surface area contributed by atoms with Crippen LogP contribution < -0.4 is 5.32 Å². The molecular formula is C14H16F3N3S. The van der Waals surface area contributed by atoms with Crippen LogP contribution in [0.15, 0.2) is 30.0 Å². The number of rotatable bonds is 6. The van der Waals surface area contributed by atoms with Gasteiger partial charge in [0.25, 0.3) is 0 Å². The minimum atomic E-state index is -4.35. The van der Waals surface area contributed by atoms with Gasteiger partial charge in [-0.3, -0.25) is 9.97 Å². The van der Waals surface area contributed by atoms with E-state index in [4.69, 9.17) is 0 Å². The molecule has 21 heavy (non-hydrogen) atoms. The average Bonchev–Trinajstić information content (AvgIpc) is 2.95. The summed E-state index contributed by atoms with van der Waals surface area (Å²) in [6.07, 6.45) is -0.0730. The van der Waals surface area contributed by atoms with Crippen molar-refractivity contribution in [2.75, 3.05) is 6.54 Å². The standard InChI is InChI=1S/C14H16F3N3S/c1-2-5-19-13(6-11-8-18-9-21-11)12-4-3-10(7-20-12)14(15,16)17/h3-4,7-9,13,19H,2,5-6H2,1H3. The lowest BCUT2D eigenvalue weighted by molar-refractivity contribution is -0.137. The van der Waals surface area contributed by atoms with E-state index in [9.17, 15) is 13.2 Å². The molecule has 0 aromatic carbocycles. The molecule has 0 spiro atoms. The van der Waals surface area contributed by atoms with E-state index in [-0.39, 0.29) is 6.04 Å². The Morgan fingerprint density at radius 3 is 2.62 bits per heavy atom. The molecule has 1 N–H and O–H groups in total. The van der Waals surface area contributed by atoms with Gasteiger partial charge in [-0.2, -0.15) is 13.2 Å². The molecule has 2 aromatic rings. The Morgan fingerprint density at radius 2 is 2.10 bits per heavy atom. The summed E-state index contributed by atoms with van der Waals surface area (Å²) in [5, 5.41) is 3.32. The lowest BCUT2D eigenvalue weighted by atomic mass is 10.1. The molecule has 0 aliphatic carbocycles. The highest BCUT2D eigenvalue weighted by Crippen LogP contribution is 2.29. The fraction of sp³-hybridized carbons (Fsp3) is 0.429. The summed E-state index contributed by atoms with van der Waals surface area (Å²) in [5.74, 6) is 0. The third-order valence-corrected chi connectivity index (χ3v) is 3.80. The largest absolute Gasteiger partial charge is 0.417 e. The summed E-state index contributed by atoms with van der Waals surface area (Å²) in [4.78, 5) is 9.07. The fourth-order valence-corrected chi connectivity index (χ4v) is 2.56. The molecular weight excluding hydrogens is 299 g/mol. The quantitative estimate of drug-likeness (QED) is 0.880. The van der Waals surface area contributed by atoms with E-state index in [2.05, 4.69) is 15.3 Å². The predicted molar refractivity (Wildman–Crippen MR) is 76.1 cm³/mol. The number of nitrogens with zero attached hydrogens (tertiary/aromatic N) is 2. The predicted octanol–water partition coefficient (Wildman–Crippen LogP) is 3.84. The number of halogens is 3. The molecule has 0 bridgehead atoms. The highest BCUT2D eigenvalue weighted by atomic mass is 32.1. The minimum Gasteiger partial charge on any atom is -0.308 e. The van der Waals surface area contributed by atoms with Gasteiger partial charge >= 0.3 is 6.18 Å². The molecule has 1 atom stereocenters. The number of aromatic nitrogens is 2. The van der Waals surface area contributed by atoms with Crippen molar-refractivity contribution in [2.24, 2.45) is 0 Å². The SMILES string of the molecule is CCCNC(Cc1cncs1)c1ccc(C(F)(F)F)cn1. The highest BCUT2D eigenvalue weighted by molar-refractivity contribution is 7.09. The number of hydrogen-bond donors (Lipinski definition) is 1. The van der Waals surface area contributed by atoms with Crippen LogP contribution in [0.4, 0.5) is 13.2 Å². The van der Waals surface area contributed by atoms with Crippen LogP contribution in [-0.2, 0) is 12.6 Å². The summed E-state index contributed by atoms with van der Waals surface area (Å²) in [6.45, 7) is 2.82. The molecule has 0 aliphatic rings. The molecule has 2 aromatic heterocycles. The van der Waals surface area contributed by atoms with Gasteiger partial charge in [-0.1, -0.05) is 6.92 Å². The maximum absolute atomic E-state index is 12.6. The summed E-state index contributed by atoms with van der Waals surface area (Å²) < 4.78 is 37.7. The molecule has 0 saturated heterocycles. The van der Waals surface area contributed by atoms with Gasteiger partial charge in [-0.15, -0.1) is 11.3 Å². The minimum absolute atomic E-state index is 0.104. The topological polar surface area (TPSA) is 37.8 Å². The molecule has 1 unspecified atom stereocenters. The number of nitrogens with one attached hydrogen (secondary N) is 1. The van der Waals surface area contributed by atoms with Crippen molar-refractivity contribution in [1.29, 1.82) is 0 Å². The Morgan fingerprint density at radius 1 is 1.29 bits per heavy atom. The molecule has 3 nitrogen and oxygen atoms in total. The van der Waals surface area contributed by atoms with E-state index < -0.39 is 11.7 Å². The number of thiazole rings is 1. The van der Waals surface area contributed by atoms with Crippen molar-refractivity contribution in [3.8, 4) is 0 Å². The van der Waals surface area contributed by atoms with Crippen molar-refractivity contribution < 1.29 is 13.2 Å². The molecule has 0 aliphatic heterocycles. The number of alkyl halides is 3. The molecule has 0 radical (unpaired) electrons. The van der Waals surface area contributed by atoms with Gasteiger partial charge in [0.05, 0.1) is 22.8 Å². The molecule has 2 rings (SSSR count). The Hall–Kier alpha value is -1.47. The monoisotopic (exact) mass is 315 g/mol. The van der Waals surface area contributed by atoms with Crippen LogP contribution in [0.1, 0.15) is 35.5 Å². The van der Waals surface area contributed by atoms with Gasteiger partial charge in [0.1, 0.15) is 0 Å². The first-order valence-electron chi connectivity index (χ1n) is 6.64. The van der Waals surface area contributed by atoms with E-state index >= 15 is 0 Å². The maximum Gasteiger partial charge on any atom is 0.417 e. The lowest BCUT2D eigenvalue weighted by Crippen LogP contribution is -2.25. The number of pyridine rings is 1. The zero-order chi connectivity index (χ0) is 15.3. The van der Waals surface area contributed by atoms with Crippen molar-refractivity contribution in [1.82, 2.24) is 15.3 Å². The van der Waals surface area contributed by atoms with Gasteiger partial charge in [-0.25, -0.2) is 0 Å². The normalized spacial score (nSPS) is 13.3. The van der Waals surface area contributed by atoms with Crippen molar-refractivity contribution in [2.45, 2.75) is 32.0 Å². The van der Waals surface area contributed by atoms with Gasteiger partial charge in [0, 0.05) is 23.7 Å². The highest BCUT2D eigenvalue weighted by Gasteiger charge is 2.31. The average molecular weight is 315 g/mol. The molecule has 0 amide bonds. The summed E-state index contributed by atoms with van der Waals surface area (Å²) in [7, 11) is 0.